The van der Waals surface area contributed by atoms with E-state index in [9.17, 15) is 0 Å². The molecule has 0 aromatic heterocycles. The topological polar surface area (TPSA) is 21.3 Å². The second kappa shape index (κ2) is 11.6. The summed E-state index contributed by atoms with van der Waals surface area (Å²) < 4.78 is 5.90. The Morgan fingerprint density at radius 2 is 1.81 bits per heavy atom. The Labute approximate surface area is 131 Å². The van der Waals surface area contributed by atoms with E-state index in [0.717, 1.165) is 31.7 Å². The third kappa shape index (κ3) is 7.52. The van der Waals surface area contributed by atoms with Gasteiger partial charge in [0.25, 0.3) is 0 Å². The van der Waals surface area contributed by atoms with Gasteiger partial charge in [0.15, 0.2) is 0 Å². The van der Waals surface area contributed by atoms with Crippen LogP contribution < -0.4 is 10.1 Å². The quantitative estimate of drug-likeness (QED) is 0.514. The van der Waals surface area contributed by atoms with Crippen molar-refractivity contribution in [1.29, 1.82) is 0 Å². The number of nitrogens with one attached hydrogen (secondary N) is 1. The first-order valence-corrected chi connectivity index (χ1v) is 8.77. The highest BCUT2D eigenvalue weighted by atomic mass is 16.5. The van der Waals surface area contributed by atoms with E-state index in [1.807, 2.05) is 0 Å². The van der Waals surface area contributed by atoms with Crippen molar-refractivity contribution in [1.82, 2.24) is 5.32 Å². The summed E-state index contributed by atoms with van der Waals surface area (Å²) in [5.41, 5.74) is 1.34. The molecule has 0 aliphatic rings. The molecule has 1 aromatic carbocycles. The van der Waals surface area contributed by atoms with E-state index in [1.165, 1.54) is 37.7 Å². The maximum Gasteiger partial charge on any atom is 0.119 e. The van der Waals surface area contributed by atoms with Gasteiger partial charge in [-0.3, -0.25) is 0 Å². The monoisotopic (exact) mass is 291 g/mol. The van der Waals surface area contributed by atoms with Crippen LogP contribution in [0.25, 0.3) is 0 Å². The fourth-order valence-corrected chi connectivity index (χ4v) is 2.53. The molecule has 0 spiro atoms. The molecule has 21 heavy (non-hydrogen) atoms. The SMILES string of the molecule is CCCCCCCOc1cccc(C(CC)NCCC)c1. The molecule has 0 amide bonds. The molecule has 1 atom stereocenters. The molecule has 0 saturated carbocycles. The molecule has 120 valence electrons. The summed E-state index contributed by atoms with van der Waals surface area (Å²) in [5.74, 6) is 1.01. The highest BCUT2D eigenvalue weighted by Gasteiger charge is 2.08. The third-order valence-electron chi connectivity index (χ3n) is 3.83. The van der Waals surface area contributed by atoms with E-state index in [2.05, 4.69) is 50.4 Å². The van der Waals surface area contributed by atoms with Gasteiger partial charge in [0, 0.05) is 6.04 Å². The van der Waals surface area contributed by atoms with Gasteiger partial charge >= 0.3 is 0 Å². The van der Waals surface area contributed by atoms with Crippen molar-refractivity contribution in [3.05, 3.63) is 29.8 Å². The molecule has 1 aromatic rings. The van der Waals surface area contributed by atoms with Crippen LogP contribution in [-0.4, -0.2) is 13.2 Å². The molecule has 1 N–H and O–H groups in total. The summed E-state index contributed by atoms with van der Waals surface area (Å²) in [7, 11) is 0. The average Bonchev–Trinajstić information content (AvgIpc) is 2.52. The molecule has 2 nitrogen and oxygen atoms in total. The zero-order valence-electron chi connectivity index (χ0n) is 14.2. The molecule has 0 bridgehead atoms. The summed E-state index contributed by atoms with van der Waals surface area (Å²) in [5, 5.41) is 3.60. The lowest BCUT2D eigenvalue weighted by molar-refractivity contribution is 0.304. The van der Waals surface area contributed by atoms with Crippen LogP contribution in [0.15, 0.2) is 24.3 Å². The van der Waals surface area contributed by atoms with Crippen LogP contribution in [0.1, 0.15) is 77.3 Å². The van der Waals surface area contributed by atoms with Crippen LogP contribution in [0.5, 0.6) is 5.75 Å². The van der Waals surface area contributed by atoms with Gasteiger partial charge in [0.2, 0.25) is 0 Å². The normalized spacial score (nSPS) is 12.3. The third-order valence-corrected chi connectivity index (χ3v) is 3.83. The predicted octanol–water partition coefficient (Wildman–Crippen LogP) is 5.49. The summed E-state index contributed by atoms with van der Waals surface area (Å²) in [4.78, 5) is 0. The lowest BCUT2D eigenvalue weighted by atomic mass is 10.0. The van der Waals surface area contributed by atoms with Crippen LogP contribution in [0.4, 0.5) is 0 Å². The fraction of sp³-hybridized carbons (Fsp3) is 0.684. The smallest absolute Gasteiger partial charge is 0.119 e. The van der Waals surface area contributed by atoms with Gasteiger partial charge in [0.05, 0.1) is 6.61 Å². The standard InChI is InChI=1S/C19H33NO/c1-4-7-8-9-10-15-21-18-13-11-12-17(16-18)19(6-3)20-14-5-2/h11-13,16,19-20H,4-10,14-15H2,1-3H3. The number of hydrogen-bond donors (Lipinski definition) is 1. The second-order valence-corrected chi connectivity index (χ2v) is 5.75. The van der Waals surface area contributed by atoms with Crippen LogP contribution >= 0.6 is 0 Å². The average molecular weight is 291 g/mol. The van der Waals surface area contributed by atoms with E-state index in [0.29, 0.717) is 6.04 Å². The zero-order valence-corrected chi connectivity index (χ0v) is 14.2. The van der Waals surface area contributed by atoms with E-state index in [4.69, 9.17) is 4.74 Å². The molecule has 0 radical (unpaired) electrons. The van der Waals surface area contributed by atoms with E-state index < -0.39 is 0 Å². The van der Waals surface area contributed by atoms with Crippen molar-refractivity contribution in [2.75, 3.05) is 13.2 Å². The highest BCUT2D eigenvalue weighted by molar-refractivity contribution is 5.30. The minimum absolute atomic E-state index is 0.443. The molecule has 1 rings (SSSR count). The summed E-state index contributed by atoms with van der Waals surface area (Å²) in [6.07, 6.45) is 8.70. The van der Waals surface area contributed by atoms with Gasteiger partial charge in [-0.25, -0.2) is 0 Å². The maximum absolute atomic E-state index is 5.90. The van der Waals surface area contributed by atoms with Gasteiger partial charge in [-0.05, 0) is 43.5 Å². The summed E-state index contributed by atoms with van der Waals surface area (Å²) in [6, 6.07) is 9.02. The van der Waals surface area contributed by atoms with Crippen molar-refractivity contribution in [3.8, 4) is 5.75 Å². The van der Waals surface area contributed by atoms with Gasteiger partial charge < -0.3 is 10.1 Å². The molecule has 0 heterocycles. The first kappa shape index (κ1) is 18.0. The largest absolute Gasteiger partial charge is 0.494 e. The van der Waals surface area contributed by atoms with E-state index >= 15 is 0 Å². The molecule has 1 unspecified atom stereocenters. The predicted molar refractivity (Wildman–Crippen MR) is 92.0 cm³/mol. The molecule has 0 aliphatic carbocycles. The molecular weight excluding hydrogens is 258 g/mol. The Balaban J connectivity index is 2.40. The van der Waals surface area contributed by atoms with Crippen molar-refractivity contribution in [2.24, 2.45) is 0 Å². The molecular formula is C19H33NO. The van der Waals surface area contributed by atoms with Crippen molar-refractivity contribution in [2.45, 2.75) is 71.8 Å². The van der Waals surface area contributed by atoms with Crippen molar-refractivity contribution < 1.29 is 4.74 Å². The Morgan fingerprint density at radius 3 is 2.52 bits per heavy atom. The minimum Gasteiger partial charge on any atom is -0.494 e. The zero-order chi connectivity index (χ0) is 15.3. The first-order valence-electron chi connectivity index (χ1n) is 8.77. The molecule has 0 fully saturated rings. The number of ether oxygens (including phenoxy) is 1. The molecule has 0 aliphatic heterocycles. The first-order chi connectivity index (χ1) is 10.3. The van der Waals surface area contributed by atoms with Crippen LogP contribution in [0.2, 0.25) is 0 Å². The minimum atomic E-state index is 0.443. The van der Waals surface area contributed by atoms with E-state index in [1.54, 1.807) is 0 Å². The summed E-state index contributed by atoms with van der Waals surface area (Å²) >= 11 is 0. The van der Waals surface area contributed by atoms with Crippen molar-refractivity contribution >= 4 is 0 Å². The second-order valence-electron chi connectivity index (χ2n) is 5.75. The molecule has 2 heteroatoms. The number of unbranched alkanes of at least 4 members (excludes halogenated alkanes) is 4. The van der Waals surface area contributed by atoms with Gasteiger partial charge in [-0.15, -0.1) is 0 Å². The Kier molecular flexibility index (Phi) is 9.98. The lowest BCUT2D eigenvalue weighted by Crippen LogP contribution is -2.21. The summed E-state index contributed by atoms with van der Waals surface area (Å²) in [6.45, 7) is 8.60. The Hall–Kier alpha value is -1.02. The van der Waals surface area contributed by atoms with E-state index in [-0.39, 0.29) is 0 Å². The van der Waals surface area contributed by atoms with Crippen LogP contribution in [0.3, 0.4) is 0 Å². The van der Waals surface area contributed by atoms with Crippen molar-refractivity contribution in [3.63, 3.8) is 0 Å². The maximum atomic E-state index is 5.90. The van der Waals surface area contributed by atoms with Gasteiger partial charge in [-0.1, -0.05) is 58.6 Å². The number of rotatable bonds is 12. The Morgan fingerprint density at radius 1 is 1.00 bits per heavy atom. The van der Waals surface area contributed by atoms with Crippen LogP contribution in [0, 0.1) is 0 Å². The van der Waals surface area contributed by atoms with Crippen LogP contribution in [-0.2, 0) is 0 Å². The number of benzene rings is 1. The Bertz CT molecular complexity index is 364. The highest BCUT2D eigenvalue weighted by Crippen LogP contribution is 2.22. The molecule has 0 saturated heterocycles. The number of hydrogen-bond acceptors (Lipinski definition) is 2. The lowest BCUT2D eigenvalue weighted by Gasteiger charge is -2.18. The fourth-order valence-electron chi connectivity index (χ4n) is 2.53. The van der Waals surface area contributed by atoms with Gasteiger partial charge in [-0.2, -0.15) is 0 Å². The van der Waals surface area contributed by atoms with Gasteiger partial charge in [0.1, 0.15) is 5.75 Å².